The van der Waals surface area contributed by atoms with Crippen LogP contribution in [-0.4, -0.2) is 54.8 Å². The minimum atomic E-state index is -3.94. The molecule has 226 valence electrons. The number of aromatic nitrogens is 1. The number of piperidine rings is 1. The summed E-state index contributed by atoms with van der Waals surface area (Å²) in [4.78, 5) is 30.2. The molecule has 1 aromatic heterocycles. The lowest BCUT2D eigenvalue weighted by atomic mass is 9.98. The number of hydrogen-bond acceptors (Lipinski definition) is 8. The lowest BCUT2D eigenvalue weighted by molar-refractivity contribution is -0.126. The molecule has 2 heterocycles. The summed E-state index contributed by atoms with van der Waals surface area (Å²) in [5.41, 5.74) is 3.40. The van der Waals surface area contributed by atoms with Gasteiger partial charge in [0.2, 0.25) is 15.9 Å². The van der Waals surface area contributed by atoms with Crippen molar-refractivity contribution in [2.45, 2.75) is 82.8 Å². The number of sulfonamides is 1. The Morgan fingerprint density at radius 1 is 1.02 bits per heavy atom. The normalized spacial score (nSPS) is 17.8. The van der Waals surface area contributed by atoms with Crippen LogP contribution in [0, 0.1) is 0 Å². The number of carbonyl (C=O) groups is 2. The van der Waals surface area contributed by atoms with Gasteiger partial charge in [-0.15, -0.1) is 11.3 Å². The fraction of sp³-hybridized carbons (Fsp3) is 0.452. The molecule has 1 fully saturated rings. The Morgan fingerprint density at radius 3 is 2.24 bits per heavy atom. The largest absolute Gasteiger partial charge is 0.461 e. The number of esters is 1. The summed E-state index contributed by atoms with van der Waals surface area (Å²) in [5, 5.41) is 8.41. The van der Waals surface area contributed by atoms with Crippen molar-refractivity contribution in [2.75, 3.05) is 18.5 Å². The Morgan fingerprint density at radius 2 is 1.64 bits per heavy atom. The summed E-state index contributed by atoms with van der Waals surface area (Å²) in [6.07, 6.45) is 0.716. The SMILES string of the molecule is CCOC(=O)c1csc(N[C@@H]2CCN(S(=O)(=O)c3ccc(C(C)C)cc3)[C@@H](C(=O)NCc3ccc(C(C)C)cc3)C2)n1. The van der Waals surface area contributed by atoms with Crippen molar-refractivity contribution in [3.05, 3.63) is 76.3 Å². The van der Waals surface area contributed by atoms with Gasteiger partial charge in [0.1, 0.15) is 6.04 Å². The van der Waals surface area contributed by atoms with Gasteiger partial charge in [-0.05, 0) is 60.4 Å². The van der Waals surface area contributed by atoms with Gasteiger partial charge in [0.05, 0.1) is 11.5 Å². The second-order valence-electron chi connectivity index (χ2n) is 11.1. The smallest absolute Gasteiger partial charge is 0.357 e. The summed E-state index contributed by atoms with van der Waals surface area (Å²) in [7, 11) is -3.94. The van der Waals surface area contributed by atoms with Crippen molar-refractivity contribution in [3.8, 4) is 0 Å². The van der Waals surface area contributed by atoms with E-state index >= 15 is 0 Å². The summed E-state index contributed by atoms with van der Waals surface area (Å²) >= 11 is 1.27. The maximum absolute atomic E-state index is 13.8. The highest BCUT2D eigenvalue weighted by Crippen LogP contribution is 2.29. The van der Waals surface area contributed by atoms with Crippen LogP contribution in [0.1, 0.15) is 86.5 Å². The standard InChI is InChI=1S/C31H40N4O5S2/c1-6-40-30(37)27-19-41-31(34-27)33-25-15-16-35(42(38,39)26-13-11-24(12-14-26)21(4)5)28(17-25)29(36)32-18-22-7-9-23(10-8-22)20(2)3/h7-14,19-21,25,28H,6,15-18H2,1-5H3,(H,32,36)(H,33,34)/t25-,28-/m1/s1. The predicted molar refractivity (Wildman–Crippen MR) is 165 cm³/mol. The quantitative estimate of drug-likeness (QED) is 0.274. The first-order valence-corrected chi connectivity index (χ1v) is 16.7. The molecule has 1 saturated heterocycles. The Hall–Kier alpha value is -3.28. The minimum Gasteiger partial charge on any atom is -0.461 e. The molecule has 4 rings (SSSR count). The zero-order valence-electron chi connectivity index (χ0n) is 24.8. The summed E-state index contributed by atoms with van der Waals surface area (Å²) in [5.74, 6) is -0.181. The van der Waals surface area contributed by atoms with Gasteiger partial charge in [0, 0.05) is 24.5 Å². The molecule has 11 heteroatoms. The molecule has 0 saturated carbocycles. The number of nitrogens with zero attached hydrogens (tertiary/aromatic N) is 2. The maximum Gasteiger partial charge on any atom is 0.357 e. The first-order chi connectivity index (χ1) is 20.0. The van der Waals surface area contributed by atoms with Crippen LogP contribution in [0.25, 0.3) is 0 Å². The lowest BCUT2D eigenvalue weighted by Crippen LogP contribution is -2.55. The van der Waals surface area contributed by atoms with E-state index in [2.05, 4.69) is 43.3 Å². The number of thiazole rings is 1. The van der Waals surface area contributed by atoms with E-state index in [9.17, 15) is 18.0 Å². The highest BCUT2D eigenvalue weighted by Gasteiger charge is 2.41. The molecular weight excluding hydrogens is 572 g/mol. The summed E-state index contributed by atoms with van der Waals surface area (Å²) in [6.45, 7) is 10.8. The van der Waals surface area contributed by atoms with Gasteiger partial charge in [-0.1, -0.05) is 64.1 Å². The summed E-state index contributed by atoms with van der Waals surface area (Å²) < 4.78 is 34.0. The van der Waals surface area contributed by atoms with Crippen molar-refractivity contribution >= 4 is 38.4 Å². The molecule has 0 spiro atoms. The zero-order chi connectivity index (χ0) is 30.4. The molecule has 42 heavy (non-hydrogen) atoms. The Labute approximate surface area is 252 Å². The first-order valence-electron chi connectivity index (χ1n) is 14.4. The van der Waals surface area contributed by atoms with Gasteiger partial charge < -0.3 is 15.4 Å². The van der Waals surface area contributed by atoms with Gasteiger partial charge in [0.25, 0.3) is 0 Å². The highest BCUT2D eigenvalue weighted by molar-refractivity contribution is 7.89. The van der Waals surface area contributed by atoms with Crippen LogP contribution >= 0.6 is 11.3 Å². The van der Waals surface area contributed by atoms with Crippen LogP contribution in [0.5, 0.6) is 0 Å². The van der Waals surface area contributed by atoms with Gasteiger partial charge in [-0.3, -0.25) is 4.79 Å². The number of nitrogens with one attached hydrogen (secondary N) is 2. The average Bonchev–Trinajstić information content (AvgIpc) is 3.44. The molecule has 1 aliphatic heterocycles. The van der Waals surface area contributed by atoms with Crippen molar-refractivity contribution in [1.82, 2.24) is 14.6 Å². The third kappa shape index (κ3) is 7.56. The van der Waals surface area contributed by atoms with Crippen LogP contribution < -0.4 is 10.6 Å². The molecule has 0 aliphatic carbocycles. The number of carbonyl (C=O) groups excluding carboxylic acids is 2. The van der Waals surface area contributed by atoms with Crippen molar-refractivity contribution in [2.24, 2.45) is 0 Å². The van der Waals surface area contributed by atoms with E-state index < -0.39 is 22.0 Å². The van der Waals surface area contributed by atoms with Gasteiger partial charge in [-0.25, -0.2) is 18.2 Å². The van der Waals surface area contributed by atoms with Gasteiger partial charge >= 0.3 is 5.97 Å². The fourth-order valence-corrected chi connectivity index (χ4v) is 7.27. The molecule has 0 unspecified atom stereocenters. The van der Waals surface area contributed by atoms with E-state index in [0.717, 1.165) is 11.1 Å². The topological polar surface area (TPSA) is 118 Å². The predicted octanol–water partition coefficient (Wildman–Crippen LogP) is 5.52. The van der Waals surface area contributed by atoms with E-state index in [1.54, 1.807) is 24.4 Å². The molecule has 1 amide bonds. The lowest BCUT2D eigenvalue weighted by Gasteiger charge is -2.37. The Bertz CT molecular complexity index is 1470. The van der Waals surface area contributed by atoms with Crippen molar-refractivity contribution in [3.63, 3.8) is 0 Å². The third-order valence-corrected chi connectivity index (χ3v) is 10.1. The van der Waals surface area contributed by atoms with E-state index in [1.165, 1.54) is 21.2 Å². The number of rotatable bonds is 11. The highest BCUT2D eigenvalue weighted by atomic mass is 32.2. The molecule has 1 aliphatic rings. The zero-order valence-corrected chi connectivity index (χ0v) is 26.4. The molecule has 2 aromatic carbocycles. The Kier molecular flexibility index (Phi) is 10.4. The van der Waals surface area contributed by atoms with Gasteiger partial charge in [0.15, 0.2) is 10.8 Å². The number of hydrogen-bond donors (Lipinski definition) is 2. The maximum atomic E-state index is 13.8. The second kappa shape index (κ2) is 13.8. The van der Waals surface area contributed by atoms with E-state index in [4.69, 9.17) is 4.74 Å². The molecule has 9 nitrogen and oxygen atoms in total. The molecule has 2 N–H and O–H groups in total. The van der Waals surface area contributed by atoms with Crippen LogP contribution in [0.2, 0.25) is 0 Å². The number of benzene rings is 2. The monoisotopic (exact) mass is 612 g/mol. The molecular formula is C31H40N4O5S2. The van der Waals surface area contributed by atoms with E-state index in [1.807, 2.05) is 36.4 Å². The van der Waals surface area contributed by atoms with Crippen LogP contribution in [0.4, 0.5) is 5.13 Å². The Balaban J connectivity index is 1.53. The molecule has 0 bridgehead atoms. The van der Waals surface area contributed by atoms with E-state index in [-0.39, 0.29) is 54.6 Å². The van der Waals surface area contributed by atoms with Crippen LogP contribution in [0.3, 0.4) is 0 Å². The average molecular weight is 613 g/mol. The van der Waals surface area contributed by atoms with Crippen LogP contribution in [-0.2, 0) is 26.1 Å². The van der Waals surface area contributed by atoms with Gasteiger partial charge in [-0.2, -0.15) is 4.31 Å². The van der Waals surface area contributed by atoms with Crippen LogP contribution in [0.15, 0.2) is 58.8 Å². The minimum absolute atomic E-state index is 0.156. The molecule has 2 atom stereocenters. The van der Waals surface area contributed by atoms with Crippen molar-refractivity contribution in [1.29, 1.82) is 0 Å². The van der Waals surface area contributed by atoms with E-state index in [0.29, 0.717) is 17.5 Å². The third-order valence-electron chi connectivity index (χ3n) is 7.44. The number of amides is 1. The molecule has 0 radical (unpaired) electrons. The fourth-order valence-electron chi connectivity index (χ4n) is 4.90. The first kappa shape index (κ1) is 31.7. The second-order valence-corrected chi connectivity index (χ2v) is 13.8. The summed E-state index contributed by atoms with van der Waals surface area (Å²) in [6, 6.07) is 13.8. The number of ether oxygens (including phenoxy) is 1. The molecule has 3 aromatic rings. The number of anilines is 1. The van der Waals surface area contributed by atoms with Crippen molar-refractivity contribution < 1.29 is 22.7 Å².